The second kappa shape index (κ2) is 3.28. The molecule has 0 amide bonds. The fourth-order valence-electron chi connectivity index (χ4n) is 2.08. The Kier molecular flexibility index (Phi) is 2.01. The lowest BCUT2D eigenvalue weighted by Crippen LogP contribution is -2.21. The molecule has 3 nitrogen and oxygen atoms in total. The van der Waals surface area contributed by atoms with E-state index in [9.17, 15) is 4.79 Å². The van der Waals surface area contributed by atoms with E-state index in [2.05, 4.69) is 11.1 Å². The molecule has 0 spiro atoms. The van der Waals surface area contributed by atoms with Crippen molar-refractivity contribution in [3.63, 3.8) is 0 Å². The number of methoxy groups -OCH3 is 1. The van der Waals surface area contributed by atoms with Crippen LogP contribution in [0.5, 0.6) is 0 Å². The molecule has 1 fully saturated rings. The molecule has 0 radical (unpaired) electrons. The third-order valence-electron chi connectivity index (χ3n) is 3.21. The molecule has 0 bridgehead atoms. The van der Waals surface area contributed by atoms with Crippen molar-refractivity contribution in [2.45, 2.75) is 18.3 Å². The van der Waals surface area contributed by atoms with Crippen LogP contribution in [-0.4, -0.2) is 18.1 Å². The maximum absolute atomic E-state index is 11.7. The Labute approximate surface area is 97.1 Å². The molecule has 2 aromatic rings. The summed E-state index contributed by atoms with van der Waals surface area (Å²) in [6.07, 6.45) is 1.79. The molecule has 1 aromatic heterocycles. The molecular formula is C12H11NO2S. The van der Waals surface area contributed by atoms with Crippen molar-refractivity contribution in [1.29, 1.82) is 0 Å². The van der Waals surface area contributed by atoms with E-state index in [1.807, 2.05) is 17.6 Å². The highest BCUT2D eigenvalue weighted by Gasteiger charge is 2.52. The van der Waals surface area contributed by atoms with Crippen LogP contribution in [0.2, 0.25) is 0 Å². The third-order valence-corrected chi connectivity index (χ3v) is 4.00. The fraction of sp³-hybridized carbons (Fsp3) is 0.333. The molecule has 1 aliphatic carbocycles. The van der Waals surface area contributed by atoms with Gasteiger partial charge in [0.25, 0.3) is 0 Å². The van der Waals surface area contributed by atoms with Gasteiger partial charge < -0.3 is 4.74 Å². The number of rotatable bonds is 2. The van der Waals surface area contributed by atoms with Crippen LogP contribution >= 0.6 is 11.3 Å². The molecule has 0 atom stereocenters. The lowest BCUT2D eigenvalue weighted by molar-refractivity contribution is -0.143. The number of hydrogen-bond donors (Lipinski definition) is 0. The molecule has 0 saturated heterocycles. The van der Waals surface area contributed by atoms with Crippen molar-refractivity contribution in [2.75, 3.05) is 7.11 Å². The normalized spacial score (nSPS) is 17.3. The highest BCUT2D eigenvalue weighted by molar-refractivity contribution is 7.16. The molecule has 0 aliphatic heterocycles. The van der Waals surface area contributed by atoms with E-state index in [0.717, 1.165) is 28.6 Å². The number of nitrogens with zero attached hydrogens (tertiary/aromatic N) is 1. The number of esters is 1. The smallest absolute Gasteiger partial charge is 0.316 e. The molecule has 0 N–H and O–H groups in total. The molecule has 1 heterocycles. The highest BCUT2D eigenvalue weighted by atomic mass is 32.1. The Balaban J connectivity index is 2.09. The van der Waals surface area contributed by atoms with Gasteiger partial charge in [-0.25, -0.2) is 4.98 Å². The van der Waals surface area contributed by atoms with Crippen LogP contribution in [0.15, 0.2) is 23.7 Å². The standard InChI is InChI=1S/C12H11NO2S/c1-15-11(14)12(4-5-12)8-2-3-9-10(6-8)16-7-13-9/h2-3,6-7H,4-5H2,1H3. The predicted molar refractivity (Wildman–Crippen MR) is 62.5 cm³/mol. The summed E-state index contributed by atoms with van der Waals surface area (Å²) in [6.45, 7) is 0. The number of carbonyl (C=O) groups excluding carboxylic acids is 1. The first kappa shape index (κ1) is 9.78. The van der Waals surface area contributed by atoms with Crippen LogP contribution in [0, 0.1) is 0 Å². The van der Waals surface area contributed by atoms with E-state index in [-0.39, 0.29) is 11.4 Å². The zero-order chi connectivity index (χ0) is 11.2. The first-order valence-corrected chi connectivity index (χ1v) is 6.06. The topological polar surface area (TPSA) is 39.2 Å². The lowest BCUT2D eigenvalue weighted by Gasteiger charge is -2.12. The average Bonchev–Trinajstić information content (AvgIpc) is 3.00. The molecule has 1 aromatic carbocycles. The van der Waals surface area contributed by atoms with Crippen molar-refractivity contribution >= 4 is 27.5 Å². The van der Waals surface area contributed by atoms with Crippen LogP contribution in [0.4, 0.5) is 0 Å². The molecule has 4 heteroatoms. The molecular weight excluding hydrogens is 222 g/mol. The molecule has 1 saturated carbocycles. The number of carbonyl (C=O) groups is 1. The first-order valence-electron chi connectivity index (χ1n) is 5.18. The van der Waals surface area contributed by atoms with Crippen LogP contribution in [0.3, 0.4) is 0 Å². The predicted octanol–water partition coefficient (Wildman–Crippen LogP) is 2.50. The Morgan fingerprint density at radius 1 is 1.50 bits per heavy atom. The van der Waals surface area contributed by atoms with Gasteiger partial charge in [0.2, 0.25) is 0 Å². The van der Waals surface area contributed by atoms with Gasteiger partial charge in [0.05, 0.1) is 28.3 Å². The van der Waals surface area contributed by atoms with Gasteiger partial charge in [0, 0.05) is 0 Å². The third kappa shape index (κ3) is 1.26. The Morgan fingerprint density at radius 2 is 2.31 bits per heavy atom. The zero-order valence-corrected chi connectivity index (χ0v) is 9.71. The van der Waals surface area contributed by atoms with E-state index in [1.165, 1.54) is 7.11 Å². The highest BCUT2D eigenvalue weighted by Crippen LogP contribution is 2.49. The summed E-state index contributed by atoms with van der Waals surface area (Å²) in [6, 6.07) is 6.03. The second-order valence-corrected chi connectivity index (χ2v) is 4.99. The number of fused-ring (bicyclic) bond motifs is 1. The Hall–Kier alpha value is -1.42. The minimum absolute atomic E-state index is 0.114. The summed E-state index contributed by atoms with van der Waals surface area (Å²) in [5, 5.41) is 0. The van der Waals surface area contributed by atoms with E-state index >= 15 is 0 Å². The van der Waals surface area contributed by atoms with Crippen molar-refractivity contribution in [3.8, 4) is 0 Å². The zero-order valence-electron chi connectivity index (χ0n) is 8.90. The molecule has 16 heavy (non-hydrogen) atoms. The monoisotopic (exact) mass is 233 g/mol. The van der Waals surface area contributed by atoms with Crippen molar-refractivity contribution < 1.29 is 9.53 Å². The van der Waals surface area contributed by atoms with Crippen LogP contribution in [0.1, 0.15) is 18.4 Å². The van der Waals surface area contributed by atoms with Crippen LogP contribution < -0.4 is 0 Å². The van der Waals surface area contributed by atoms with Crippen LogP contribution in [-0.2, 0) is 14.9 Å². The number of ether oxygens (including phenoxy) is 1. The first-order chi connectivity index (χ1) is 7.76. The summed E-state index contributed by atoms with van der Waals surface area (Å²) < 4.78 is 6.01. The van der Waals surface area contributed by atoms with Crippen molar-refractivity contribution in [2.24, 2.45) is 0 Å². The fourth-order valence-corrected chi connectivity index (χ4v) is 2.80. The second-order valence-electron chi connectivity index (χ2n) is 4.11. The summed E-state index contributed by atoms with van der Waals surface area (Å²) in [5.74, 6) is -0.114. The maximum atomic E-state index is 11.7. The molecule has 0 unspecified atom stereocenters. The van der Waals surface area contributed by atoms with E-state index < -0.39 is 0 Å². The lowest BCUT2D eigenvalue weighted by atomic mass is 9.96. The SMILES string of the molecule is COC(=O)C1(c2ccc3ncsc3c2)CC1. The summed E-state index contributed by atoms with van der Waals surface area (Å²) in [4.78, 5) is 16.0. The van der Waals surface area contributed by atoms with Gasteiger partial charge in [-0.3, -0.25) is 4.79 Å². The van der Waals surface area contributed by atoms with Crippen molar-refractivity contribution in [3.05, 3.63) is 29.3 Å². The number of thiazole rings is 1. The van der Waals surface area contributed by atoms with Gasteiger partial charge in [0.15, 0.2) is 0 Å². The Bertz CT molecular complexity index is 557. The van der Waals surface area contributed by atoms with Gasteiger partial charge in [-0.2, -0.15) is 0 Å². The molecule has 82 valence electrons. The van der Waals surface area contributed by atoms with Gasteiger partial charge in [-0.15, -0.1) is 11.3 Å². The number of aromatic nitrogens is 1. The van der Waals surface area contributed by atoms with E-state index in [1.54, 1.807) is 11.3 Å². The minimum atomic E-state index is -0.368. The number of hydrogen-bond acceptors (Lipinski definition) is 4. The Morgan fingerprint density at radius 3 is 3.00 bits per heavy atom. The number of benzene rings is 1. The van der Waals surface area contributed by atoms with E-state index in [4.69, 9.17) is 4.74 Å². The van der Waals surface area contributed by atoms with Gasteiger partial charge in [0.1, 0.15) is 0 Å². The average molecular weight is 233 g/mol. The van der Waals surface area contributed by atoms with Gasteiger partial charge in [-0.1, -0.05) is 6.07 Å². The minimum Gasteiger partial charge on any atom is -0.468 e. The molecule has 1 aliphatic rings. The quantitative estimate of drug-likeness (QED) is 0.748. The largest absolute Gasteiger partial charge is 0.468 e. The summed E-state index contributed by atoms with van der Waals surface area (Å²) in [5.41, 5.74) is 3.52. The van der Waals surface area contributed by atoms with Crippen LogP contribution in [0.25, 0.3) is 10.2 Å². The van der Waals surface area contributed by atoms with Crippen molar-refractivity contribution in [1.82, 2.24) is 4.98 Å². The maximum Gasteiger partial charge on any atom is 0.316 e. The van der Waals surface area contributed by atoms with Gasteiger partial charge >= 0.3 is 5.97 Å². The van der Waals surface area contributed by atoms with Gasteiger partial charge in [-0.05, 0) is 30.5 Å². The summed E-state index contributed by atoms with van der Waals surface area (Å²) in [7, 11) is 1.45. The molecule has 3 rings (SSSR count). The van der Waals surface area contributed by atoms with E-state index in [0.29, 0.717) is 0 Å². The summed E-state index contributed by atoms with van der Waals surface area (Å²) >= 11 is 1.60.